The van der Waals surface area contributed by atoms with Gasteiger partial charge in [0.25, 0.3) is 5.56 Å². The maximum atomic E-state index is 12.9. The molecule has 0 bridgehead atoms. The molecule has 0 amide bonds. The van der Waals surface area contributed by atoms with Gasteiger partial charge in [0, 0.05) is 18.7 Å². The lowest BCUT2D eigenvalue weighted by atomic mass is 9.86. The third-order valence-electron chi connectivity index (χ3n) is 3.10. The summed E-state index contributed by atoms with van der Waals surface area (Å²) in [4.78, 5) is 11.7. The van der Waals surface area contributed by atoms with Crippen LogP contribution in [0.5, 0.6) is 0 Å². The van der Waals surface area contributed by atoms with Gasteiger partial charge in [0.2, 0.25) is 0 Å². The third-order valence-corrected chi connectivity index (χ3v) is 3.10. The average Bonchev–Trinajstić information content (AvgIpc) is 2.24. The fraction of sp³-hybridized carbons (Fsp3) is 0.615. The maximum absolute atomic E-state index is 12.9. The Hall–Kier alpha value is -1.30. The van der Waals surface area contributed by atoms with Gasteiger partial charge in [-0.2, -0.15) is 13.2 Å². The molecular weight excluding hydrogens is 257 g/mol. The summed E-state index contributed by atoms with van der Waals surface area (Å²) in [6.07, 6.45) is -4.53. The fourth-order valence-electron chi connectivity index (χ4n) is 1.94. The van der Waals surface area contributed by atoms with E-state index in [2.05, 4.69) is 5.32 Å². The zero-order chi connectivity index (χ0) is 14.8. The first-order chi connectivity index (χ1) is 8.57. The average molecular weight is 276 g/mol. The first kappa shape index (κ1) is 15.8. The van der Waals surface area contributed by atoms with Crippen LogP contribution >= 0.6 is 0 Å². The molecule has 1 aromatic heterocycles. The van der Waals surface area contributed by atoms with E-state index in [9.17, 15) is 18.0 Å². The van der Waals surface area contributed by atoms with Crippen molar-refractivity contribution in [1.29, 1.82) is 0 Å². The van der Waals surface area contributed by atoms with Crippen molar-refractivity contribution in [2.45, 2.75) is 39.5 Å². The summed E-state index contributed by atoms with van der Waals surface area (Å²) >= 11 is 0. The summed E-state index contributed by atoms with van der Waals surface area (Å²) in [7, 11) is 1.68. The number of likely N-dealkylation sites (N-methyl/N-ethyl adjacent to an activating group) is 1. The zero-order valence-electron chi connectivity index (χ0n) is 11.5. The van der Waals surface area contributed by atoms with Gasteiger partial charge in [0.1, 0.15) is 5.69 Å². The first-order valence-corrected chi connectivity index (χ1v) is 6.01. The SMILES string of the molecule is CNC(Cn1c(C(F)(F)F)cccc1=O)C(C)(C)C. The molecule has 1 unspecified atom stereocenters. The first-order valence-electron chi connectivity index (χ1n) is 6.01. The van der Waals surface area contributed by atoms with Gasteiger partial charge in [-0.15, -0.1) is 0 Å². The predicted molar refractivity (Wildman–Crippen MR) is 68.0 cm³/mol. The number of hydrogen-bond acceptors (Lipinski definition) is 2. The molecule has 0 aliphatic rings. The zero-order valence-corrected chi connectivity index (χ0v) is 11.5. The second kappa shape index (κ2) is 5.36. The summed E-state index contributed by atoms with van der Waals surface area (Å²) in [6.45, 7) is 5.72. The highest BCUT2D eigenvalue weighted by Crippen LogP contribution is 2.29. The van der Waals surface area contributed by atoms with Gasteiger partial charge >= 0.3 is 6.18 Å². The number of alkyl halides is 3. The smallest absolute Gasteiger partial charge is 0.315 e. The van der Waals surface area contributed by atoms with Gasteiger partial charge in [0.05, 0.1) is 0 Å². The molecular formula is C13H19F3N2O. The quantitative estimate of drug-likeness (QED) is 0.920. The molecule has 1 N–H and O–H groups in total. The number of nitrogens with one attached hydrogen (secondary N) is 1. The van der Waals surface area contributed by atoms with E-state index in [1.165, 1.54) is 0 Å². The van der Waals surface area contributed by atoms with E-state index in [1.54, 1.807) is 7.05 Å². The van der Waals surface area contributed by atoms with E-state index in [0.29, 0.717) is 0 Å². The van der Waals surface area contributed by atoms with Crippen molar-refractivity contribution >= 4 is 0 Å². The Morgan fingerprint density at radius 2 is 1.84 bits per heavy atom. The molecule has 1 atom stereocenters. The Bertz CT molecular complexity index is 486. The molecule has 0 spiro atoms. The van der Waals surface area contributed by atoms with Gasteiger partial charge < -0.3 is 9.88 Å². The minimum Gasteiger partial charge on any atom is -0.315 e. The monoisotopic (exact) mass is 276 g/mol. The van der Waals surface area contributed by atoms with Gasteiger partial charge in [0.15, 0.2) is 0 Å². The summed E-state index contributed by atoms with van der Waals surface area (Å²) in [5.41, 5.74) is -1.81. The van der Waals surface area contributed by atoms with Crippen molar-refractivity contribution in [3.63, 3.8) is 0 Å². The van der Waals surface area contributed by atoms with Gasteiger partial charge in [-0.3, -0.25) is 4.79 Å². The Labute approximate surface area is 110 Å². The second-order valence-electron chi connectivity index (χ2n) is 5.56. The highest BCUT2D eigenvalue weighted by atomic mass is 19.4. The molecule has 0 aromatic carbocycles. The van der Waals surface area contributed by atoms with Gasteiger partial charge in [-0.25, -0.2) is 0 Å². The molecule has 0 radical (unpaired) electrons. The van der Waals surface area contributed by atoms with Crippen molar-refractivity contribution in [2.24, 2.45) is 5.41 Å². The van der Waals surface area contributed by atoms with Crippen molar-refractivity contribution in [3.8, 4) is 0 Å². The van der Waals surface area contributed by atoms with Crippen LogP contribution in [0.2, 0.25) is 0 Å². The molecule has 1 heterocycles. The van der Waals surface area contributed by atoms with Crippen molar-refractivity contribution < 1.29 is 13.2 Å². The number of aromatic nitrogens is 1. The molecule has 0 saturated carbocycles. The van der Waals surface area contributed by atoms with Crippen LogP contribution in [0.1, 0.15) is 26.5 Å². The van der Waals surface area contributed by atoms with Crippen LogP contribution in [0, 0.1) is 5.41 Å². The maximum Gasteiger partial charge on any atom is 0.431 e. The van der Waals surface area contributed by atoms with E-state index in [-0.39, 0.29) is 18.0 Å². The van der Waals surface area contributed by atoms with E-state index in [0.717, 1.165) is 22.8 Å². The highest BCUT2D eigenvalue weighted by Gasteiger charge is 2.35. The van der Waals surface area contributed by atoms with E-state index in [1.807, 2.05) is 20.8 Å². The molecule has 1 aromatic rings. The van der Waals surface area contributed by atoms with Crippen LogP contribution in [0.3, 0.4) is 0 Å². The standard InChI is InChI=1S/C13H19F3N2O/c1-12(2,3)9(17-4)8-18-10(13(14,15)16)6-5-7-11(18)19/h5-7,9,17H,8H2,1-4H3. The minimum atomic E-state index is -4.53. The highest BCUT2D eigenvalue weighted by molar-refractivity contribution is 5.10. The summed E-state index contributed by atoms with van der Waals surface area (Å²) in [5, 5.41) is 2.97. The number of rotatable bonds is 3. The van der Waals surface area contributed by atoms with E-state index in [4.69, 9.17) is 0 Å². The molecule has 0 fully saturated rings. The number of pyridine rings is 1. The molecule has 3 nitrogen and oxygen atoms in total. The van der Waals surface area contributed by atoms with Crippen LogP contribution in [0.25, 0.3) is 0 Å². The fourth-order valence-corrected chi connectivity index (χ4v) is 1.94. The summed E-state index contributed by atoms with van der Waals surface area (Å²) < 4.78 is 39.5. The lowest BCUT2D eigenvalue weighted by Gasteiger charge is -2.31. The molecule has 0 aliphatic carbocycles. The van der Waals surface area contributed by atoms with Crippen LogP contribution in [-0.2, 0) is 12.7 Å². The van der Waals surface area contributed by atoms with Crippen LogP contribution in [-0.4, -0.2) is 17.7 Å². The van der Waals surface area contributed by atoms with Crippen LogP contribution < -0.4 is 10.9 Å². The normalized spacial score (nSPS) is 14.5. The van der Waals surface area contributed by atoms with Crippen LogP contribution in [0.15, 0.2) is 23.0 Å². The Balaban J connectivity index is 3.24. The number of nitrogens with zero attached hydrogens (tertiary/aromatic N) is 1. The second-order valence-corrected chi connectivity index (χ2v) is 5.56. The molecule has 0 aliphatic heterocycles. The van der Waals surface area contributed by atoms with Crippen molar-refractivity contribution in [1.82, 2.24) is 9.88 Å². The molecule has 6 heteroatoms. The van der Waals surface area contributed by atoms with Gasteiger partial charge in [-0.05, 0) is 18.5 Å². The minimum absolute atomic E-state index is 0.0193. The third kappa shape index (κ3) is 3.83. The summed E-state index contributed by atoms with van der Waals surface area (Å²) in [6, 6.07) is 2.96. The number of hydrogen-bond donors (Lipinski definition) is 1. The van der Waals surface area contributed by atoms with Crippen molar-refractivity contribution in [2.75, 3.05) is 7.05 Å². The lowest BCUT2D eigenvalue weighted by Crippen LogP contribution is -2.44. The van der Waals surface area contributed by atoms with Crippen LogP contribution in [0.4, 0.5) is 13.2 Å². The van der Waals surface area contributed by atoms with Gasteiger partial charge in [-0.1, -0.05) is 26.8 Å². The van der Waals surface area contributed by atoms with E-state index < -0.39 is 17.4 Å². The van der Waals surface area contributed by atoms with E-state index >= 15 is 0 Å². The molecule has 0 saturated heterocycles. The predicted octanol–water partition coefficient (Wildman–Crippen LogP) is 2.50. The topological polar surface area (TPSA) is 34.0 Å². The Morgan fingerprint density at radius 1 is 1.26 bits per heavy atom. The number of halogens is 3. The largest absolute Gasteiger partial charge is 0.431 e. The molecule has 19 heavy (non-hydrogen) atoms. The molecule has 108 valence electrons. The lowest BCUT2D eigenvalue weighted by molar-refractivity contribution is -0.144. The van der Waals surface area contributed by atoms with Crippen molar-refractivity contribution in [3.05, 3.63) is 34.2 Å². The Morgan fingerprint density at radius 3 is 2.26 bits per heavy atom. The Kier molecular flexibility index (Phi) is 4.45. The molecule has 1 rings (SSSR count). The summed E-state index contributed by atoms with van der Waals surface area (Å²) in [5.74, 6) is 0.